The Labute approximate surface area is 185 Å². The maximum atomic E-state index is 13.3. The first-order chi connectivity index (χ1) is 15.6. The number of pyridine rings is 1. The van der Waals surface area contributed by atoms with Gasteiger partial charge in [0, 0.05) is 49.0 Å². The van der Waals surface area contributed by atoms with Gasteiger partial charge in [-0.2, -0.15) is 0 Å². The summed E-state index contributed by atoms with van der Waals surface area (Å²) in [6.45, 7) is 5.97. The molecular weight excluding hydrogens is 402 g/mol. The molecule has 6 rings (SSSR count). The second-order valence-electron chi connectivity index (χ2n) is 9.04. The zero-order valence-corrected chi connectivity index (χ0v) is 18.4. The Morgan fingerprint density at radius 2 is 2.03 bits per heavy atom. The van der Waals surface area contributed by atoms with E-state index < -0.39 is 0 Å². The topological polar surface area (TPSA) is 81.7 Å². The summed E-state index contributed by atoms with van der Waals surface area (Å²) < 4.78 is 5.93. The lowest BCUT2D eigenvalue weighted by molar-refractivity contribution is 0.460. The van der Waals surface area contributed by atoms with Crippen molar-refractivity contribution < 1.29 is 0 Å². The Morgan fingerprint density at radius 3 is 2.84 bits per heavy atom. The van der Waals surface area contributed by atoms with Gasteiger partial charge in [-0.25, -0.2) is 19.3 Å². The molecule has 0 radical (unpaired) electrons. The van der Waals surface area contributed by atoms with Crippen LogP contribution in [0.2, 0.25) is 0 Å². The Kier molecular flexibility index (Phi) is 4.43. The molecule has 2 N–H and O–H groups in total. The molecule has 0 amide bonds. The van der Waals surface area contributed by atoms with Crippen LogP contribution in [0.4, 0.5) is 11.5 Å². The molecule has 0 spiro atoms. The van der Waals surface area contributed by atoms with Crippen LogP contribution >= 0.6 is 0 Å². The highest BCUT2D eigenvalue weighted by Gasteiger charge is 2.28. The van der Waals surface area contributed by atoms with Gasteiger partial charge in [0.1, 0.15) is 5.82 Å². The number of aromatic nitrogens is 5. The van der Waals surface area contributed by atoms with Crippen LogP contribution in [0.15, 0.2) is 47.7 Å². The van der Waals surface area contributed by atoms with Gasteiger partial charge in [0.25, 0.3) is 5.56 Å². The third kappa shape index (κ3) is 3.14. The Bertz CT molecular complexity index is 1370. The summed E-state index contributed by atoms with van der Waals surface area (Å²) >= 11 is 0. The normalized spacial score (nSPS) is 16.0. The molecule has 1 fully saturated rings. The van der Waals surface area contributed by atoms with Gasteiger partial charge >= 0.3 is 0 Å². The molecule has 4 heterocycles. The average molecular weight is 430 g/mol. The van der Waals surface area contributed by atoms with Crippen molar-refractivity contribution in [2.75, 3.05) is 11.9 Å². The number of imidazole rings is 1. The molecule has 0 saturated heterocycles. The molecule has 164 valence electrons. The molecule has 0 unspecified atom stereocenters. The lowest BCUT2D eigenvalue weighted by Crippen LogP contribution is -2.25. The predicted octanol–water partition coefficient (Wildman–Crippen LogP) is 3.69. The van der Waals surface area contributed by atoms with Crippen LogP contribution in [0, 0.1) is 0 Å². The van der Waals surface area contributed by atoms with E-state index in [1.165, 1.54) is 11.1 Å². The maximum Gasteiger partial charge on any atom is 0.276 e. The minimum Gasteiger partial charge on any atom is -0.340 e. The summed E-state index contributed by atoms with van der Waals surface area (Å²) in [6.07, 6.45) is 8.83. The van der Waals surface area contributed by atoms with Crippen LogP contribution in [0.1, 0.15) is 49.9 Å². The van der Waals surface area contributed by atoms with Crippen molar-refractivity contribution in [2.45, 2.75) is 51.7 Å². The summed E-state index contributed by atoms with van der Waals surface area (Å²) in [5.74, 6) is 1.50. The zero-order valence-electron chi connectivity index (χ0n) is 18.4. The number of anilines is 2. The van der Waals surface area contributed by atoms with Crippen molar-refractivity contribution in [3.8, 4) is 5.95 Å². The summed E-state index contributed by atoms with van der Waals surface area (Å²) in [7, 11) is 0. The van der Waals surface area contributed by atoms with Crippen LogP contribution < -0.4 is 16.2 Å². The molecule has 0 bridgehead atoms. The van der Waals surface area contributed by atoms with Crippen molar-refractivity contribution in [3.05, 3.63) is 64.3 Å². The van der Waals surface area contributed by atoms with Gasteiger partial charge in [-0.3, -0.25) is 4.79 Å². The van der Waals surface area contributed by atoms with Crippen LogP contribution in [-0.2, 0) is 13.0 Å². The van der Waals surface area contributed by atoms with E-state index >= 15 is 0 Å². The minimum atomic E-state index is -0.0410. The SMILES string of the molecule is CC(C)n1c(=O)c2cnc(Nc3ccc4c(c3)CCNC4)cc2n1-c1nccn1C1CC1. The van der Waals surface area contributed by atoms with Gasteiger partial charge in [-0.1, -0.05) is 6.07 Å². The third-order valence-electron chi connectivity index (χ3n) is 6.40. The molecule has 8 heteroatoms. The highest BCUT2D eigenvalue weighted by Crippen LogP contribution is 2.37. The molecule has 3 aromatic heterocycles. The molecule has 4 aromatic rings. The van der Waals surface area contributed by atoms with Crippen molar-refractivity contribution in [3.63, 3.8) is 0 Å². The summed E-state index contributed by atoms with van der Waals surface area (Å²) in [4.78, 5) is 22.4. The van der Waals surface area contributed by atoms with Crippen LogP contribution in [0.25, 0.3) is 16.9 Å². The number of nitrogens with one attached hydrogen (secondary N) is 2. The molecule has 0 atom stereocenters. The molecular formula is C24H27N7O. The summed E-state index contributed by atoms with van der Waals surface area (Å²) in [5.41, 5.74) is 4.50. The largest absolute Gasteiger partial charge is 0.340 e. The van der Waals surface area contributed by atoms with Gasteiger partial charge in [-0.15, -0.1) is 0 Å². The lowest BCUT2D eigenvalue weighted by atomic mass is 10.0. The first-order valence-corrected chi connectivity index (χ1v) is 11.4. The fraction of sp³-hybridized carbons (Fsp3) is 0.375. The van der Waals surface area contributed by atoms with Crippen molar-refractivity contribution in [2.24, 2.45) is 0 Å². The molecule has 1 aliphatic carbocycles. The number of nitrogens with zero attached hydrogens (tertiary/aromatic N) is 5. The average Bonchev–Trinajstić information content (AvgIpc) is 3.45. The Morgan fingerprint density at radius 1 is 1.16 bits per heavy atom. The van der Waals surface area contributed by atoms with Gasteiger partial charge in [0.2, 0.25) is 5.95 Å². The van der Waals surface area contributed by atoms with Crippen LogP contribution in [0.5, 0.6) is 0 Å². The van der Waals surface area contributed by atoms with Gasteiger partial charge in [0.05, 0.1) is 10.9 Å². The second-order valence-corrected chi connectivity index (χ2v) is 9.04. The number of benzene rings is 1. The van der Waals surface area contributed by atoms with Crippen LogP contribution in [0.3, 0.4) is 0 Å². The third-order valence-corrected chi connectivity index (χ3v) is 6.40. The van der Waals surface area contributed by atoms with E-state index in [9.17, 15) is 4.79 Å². The minimum absolute atomic E-state index is 0.00934. The van der Waals surface area contributed by atoms with Gasteiger partial charge in [-0.05, 0) is 62.9 Å². The maximum absolute atomic E-state index is 13.3. The molecule has 8 nitrogen and oxygen atoms in total. The quantitative estimate of drug-likeness (QED) is 0.506. The number of hydrogen-bond donors (Lipinski definition) is 2. The first-order valence-electron chi connectivity index (χ1n) is 11.4. The fourth-order valence-electron chi connectivity index (χ4n) is 4.66. The fourth-order valence-corrected chi connectivity index (χ4v) is 4.66. The highest BCUT2D eigenvalue weighted by atomic mass is 16.1. The van der Waals surface area contributed by atoms with E-state index in [4.69, 9.17) is 0 Å². The van der Waals surface area contributed by atoms with Crippen molar-refractivity contribution in [1.29, 1.82) is 0 Å². The smallest absolute Gasteiger partial charge is 0.276 e. The number of fused-ring (bicyclic) bond motifs is 2. The van der Waals surface area contributed by atoms with E-state index in [2.05, 4.69) is 43.4 Å². The predicted molar refractivity (Wildman–Crippen MR) is 125 cm³/mol. The number of hydrogen-bond acceptors (Lipinski definition) is 5. The van der Waals surface area contributed by atoms with E-state index in [0.29, 0.717) is 17.2 Å². The van der Waals surface area contributed by atoms with E-state index in [-0.39, 0.29) is 11.6 Å². The molecule has 2 aliphatic rings. The van der Waals surface area contributed by atoms with Gasteiger partial charge in [0.15, 0.2) is 0 Å². The Hall–Kier alpha value is -3.39. The lowest BCUT2D eigenvalue weighted by Gasteiger charge is -2.18. The van der Waals surface area contributed by atoms with E-state index in [1.807, 2.05) is 37.0 Å². The number of rotatable bonds is 5. The standard InChI is InChI=1S/C24H27N7O/c1-15(2)30-23(32)20-14-27-22(28-18-4-3-17-13-25-8-7-16(17)11-18)12-21(20)31(30)24-26-9-10-29(24)19-5-6-19/h3-4,9-12,14-15,19,25H,5-8,13H2,1-2H3,(H,27,28). The van der Waals surface area contributed by atoms with E-state index in [1.54, 1.807) is 10.9 Å². The molecule has 32 heavy (non-hydrogen) atoms. The summed E-state index contributed by atoms with van der Waals surface area (Å²) in [6, 6.07) is 8.87. The van der Waals surface area contributed by atoms with E-state index in [0.717, 1.165) is 49.5 Å². The molecule has 1 aliphatic heterocycles. The molecule has 1 aromatic carbocycles. The summed E-state index contributed by atoms with van der Waals surface area (Å²) in [5, 5.41) is 7.45. The van der Waals surface area contributed by atoms with Crippen LogP contribution in [-0.4, -0.2) is 30.4 Å². The van der Waals surface area contributed by atoms with Crippen molar-refractivity contribution >= 4 is 22.4 Å². The second kappa shape index (κ2) is 7.34. The first kappa shape index (κ1) is 19.3. The Balaban J connectivity index is 1.47. The van der Waals surface area contributed by atoms with Crippen molar-refractivity contribution in [1.82, 2.24) is 29.2 Å². The zero-order chi connectivity index (χ0) is 21.8. The van der Waals surface area contributed by atoms with Gasteiger partial charge < -0.3 is 15.2 Å². The molecule has 1 saturated carbocycles. The monoisotopic (exact) mass is 429 g/mol. The highest BCUT2D eigenvalue weighted by molar-refractivity contribution is 5.82.